The van der Waals surface area contributed by atoms with Gasteiger partial charge in [-0.2, -0.15) is 0 Å². The fraction of sp³-hybridized carbons (Fsp3) is 0.316. The van der Waals surface area contributed by atoms with Gasteiger partial charge in [-0.1, -0.05) is 24.3 Å². The number of aryl methyl sites for hydroxylation is 2. The highest BCUT2D eigenvalue weighted by Crippen LogP contribution is 2.44. The highest BCUT2D eigenvalue weighted by Gasteiger charge is 2.42. The van der Waals surface area contributed by atoms with E-state index in [-0.39, 0.29) is 11.9 Å². The first kappa shape index (κ1) is 14.6. The second kappa shape index (κ2) is 5.16. The lowest BCUT2D eigenvalue weighted by atomic mass is 9.76. The Balaban J connectivity index is 2.05. The van der Waals surface area contributed by atoms with Crippen molar-refractivity contribution in [2.45, 2.75) is 33.7 Å². The summed E-state index contributed by atoms with van der Waals surface area (Å²) in [5, 5.41) is 6.59. The van der Waals surface area contributed by atoms with Gasteiger partial charge in [0.25, 0.3) is 0 Å². The topological polar surface area (TPSA) is 41.1 Å². The Hall–Kier alpha value is -2.29. The maximum absolute atomic E-state index is 12.5. The average molecular weight is 294 g/mol. The third-order valence-corrected chi connectivity index (χ3v) is 4.36. The van der Waals surface area contributed by atoms with E-state index >= 15 is 0 Å². The third kappa shape index (κ3) is 2.47. The first-order valence-corrected chi connectivity index (χ1v) is 7.63. The number of anilines is 2. The number of hydrogen-bond acceptors (Lipinski definition) is 2. The normalized spacial score (nSPS) is 19.3. The fourth-order valence-electron chi connectivity index (χ4n) is 3.15. The molecule has 0 bridgehead atoms. The van der Waals surface area contributed by atoms with E-state index in [0.29, 0.717) is 0 Å². The predicted molar refractivity (Wildman–Crippen MR) is 91.1 cm³/mol. The SMILES string of the molecule is Cc1cc(C)cc(NC2c3ccccc3NC(=O)C2(C)C)c1. The summed E-state index contributed by atoms with van der Waals surface area (Å²) in [6.45, 7) is 8.15. The maximum Gasteiger partial charge on any atom is 0.232 e. The molecule has 3 nitrogen and oxygen atoms in total. The summed E-state index contributed by atoms with van der Waals surface area (Å²) < 4.78 is 0. The number of amides is 1. The number of nitrogens with one attached hydrogen (secondary N) is 2. The largest absolute Gasteiger partial charge is 0.377 e. The molecule has 1 unspecified atom stereocenters. The number of carbonyl (C=O) groups excluding carboxylic acids is 1. The zero-order valence-electron chi connectivity index (χ0n) is 13.5. The first-order valence-electron chi connectivity index (χ1n) is 7.63. The molecule has 1 atom stereocenters. The van der Waals surface area contributed by atoms with Gasteiger partial charge >= 0.3 is 0 Å². The van der Waals surface area contributed by atoms with Gasteiger partial charge in [-0.3, -0.25) is 4.79 Å². The van der Waals surface area contributed by atoms with Crippen molar-refractivity contribution >= 4 is 17.3 Å². The quantitative estimate of drug-likeness (QED) is 0.860. The number of para-hydroxylation sites is 1. The Morgan fingerprint density at radius 1 is 1.05 bits per heavy atom. The van der Waals surface area contributed by atoms with Gasteiger partial charge in [-0.15, -0.1) is 0 Å². The van der Waals surface area contributed by atoms with Crippen molar-refractivity contribution in [2.24, 2.45) is 5.41 Å². The van der Waals surface area contributed by atoms with E-state index in [1.807, 2.05) is 32.0 Å². The molecule has 0 aliphatic carbocycles. The van der Waals surface area contributed by atoms with Crippen LogP contribution in [0.3, 0.4) is 0 Å². The lowest BCUT2D eigenvalue weighted by Gasteiger charge is -2.39. The van der Waals surface area contributed by atoms with E-state index in [1.54, 1.807) is 0 Å². The second-order valence-corrected chi connectivity index (χ2v) is 6.72. The van der Waals surface area contributed by atoms with Crippen molar-refractivity contribution in [2.75, 3.05) is 10.6 Å². The Kier molecular flexibility index (Phi) is 3.44. The maximum atomic E-state index is 12.5. The molecule has 1 aliphatic heterocycles. The van der Waals surface area contributed by atoms with Gasteiger partial charge in [0.2, 0.25) is 5.91 Å². The molecule has 0 spiro atoms. The second-order valence-electron chi connectivity index (χ2n) is 6.72. The van der Waals surface area contributed by atoms with Gasteiger partial charge in [-0.05, 0) is 62.6 Å². The van der Waals surface area contributed by atoms with E-state index in [2.05, 4.69) is 48.7 Å². The zero-order valence-corrected chi connectivity index (χ0v) is 13.5. The third-order valence-electron chi connectivity index (χ3n) is 4.36. The van der Waals surface area contributed by atoms with Crippen molar-refractivity contribution in [3.05, 3.63) is 59.2 Å². The molecule has 0 saturated heterocycles. The predicted octanol–water partition coefficient (Wildman–Crippen LogP) is 4.43. The summed E-state index contributed by atoms with van der Waals surface area (Å²) in [5.41, 5.74) is 4.99. The van der Waals surface area contributed by atoms with Crippen LogP contribution in [-0.4, -0.2) is 5.91 Å². The molecule has 3 rings (SSSR count). The van der Waals surface area contributed by atoms with Crippen molar-refractivity contribution < 1.29 is 4.79 Å². The molecule has 0 radical (unpaired) electrons. The number of benzene rings is 2. The first-order chi connectivity index (χ1) is 10.4. The molecule has 1 amide bonds. The van der Waals surface area contributed by atoms with Crippen LogP contribution >= 0.6 is 0 Å². The van der Waals surface area contributed by atoms with Gasteiger partial charge in [0.05, 0.1) is 11.5 Å². The Morgan fingerprint density at radius 2 is 1.68 bits per heavy atom. The van der Waals surface area contributed by atoms with Crippen LogP contribution in [-0.2, 0) is 4.79 Å². The summed E-state index contributed by atoms with van der Waals surface area (Å²) in [7, 11) is 0. The summed E-state index contributed by atoms with van der Waals surface area (Å²) in [6, 6.07) is 14.3. The average Bonchev–Trinajstić information content (AvgIpc) is 2.43. The molecule has 3 heteroatoms. The molecule has 0 aromatic heterocycles. The van der Waals surface area contributed by atoms with Gasteiger partial charge in [0.1, 0.15) is 0 Å². The number of fused-ring (bicyclic) bond motifs is 1. The van der Waals surface area contributed by atoms with Crippen LogP contribution in [0, 0.1) is 19.3 Å². The van der Waals surface area contributed by atoms with Crippen LogP contribution in [0.5, 0.6) is 0 Å². The minimum atomic E-state index is -0.522. The van der Waals surface area contributed by atoms with E-state index in [4.69, 9.17) is 0 Å². The highest BCUT2D eigenvalue weighted by atomic mass is 16.2. The Labute approximate surface area is 131 Å². The molecule has 2 N–H and O–H groups in total. The van der Waals surface area contributed by atoms with Crippen molar-refractivity contribution in [1.82, 2.24) is 0 Å². The standard InChI is InChI=1S/C19H22N2O/c1-12-9-13(2)11-14(10-12)20-17-15-7-5-6-8-16(15)21-18(22)19(17,3)4/h5-11,17,20H,1-4H3,(H,21,22). The zero-order chi connectivity index (χ0) is 15.9. The van der Waals surface area contributed by atoms with Crippen molar-refractivity contribution in [1.29, 1.82) is 0 Å². The lowest BCUT2D eigenvalue weighted by Crippen LogP contribution is -2.43. The molecule has 2 aromatic rings. The van der Waals surface area contributed by atoms with Crippen LogP contribution in [0.25, 0.3) is 0 Å². The van der Waals surface area contributed by atoms with E-state index in [1.165, 1.54) is 11.1 Å². The molecular formula is C19H22N2O. The summed E-state index contributed by atoms with van der Waals surface area (Å²) in [6.07, 6.45) is 0. The van der Waals surface area contributed by atoms with E-state index < -0.39 is 5.41 Å². The smallest absolute Gasteiger partial charge is 0.232 e. The van der Waals surface area contributed by atoms with Crippen molar-refractivity contribution in [3.8, 4) is 0 Å². The minimum absolute atomic E-state index is 0.0491. The van der Waals surface area contributed by atoms with E-state index in [0.717, 1.165) is 16.9 Å². The minimum Gasteiger partial charge on any atom is -0.377 e. The molecule has 1 aliphatic rings. The van der Waals surface area contributed by atoms with Crippen LogP contribution in [0.15, 0.2) is 42.5 Å². The van der Waals surface area contributed by atoms with Gasteiger partial charge in [0.15, 0.2) is 0 Å². The molecule has 0 saturated carbocycles. The lowest BCUT2D eigenvalue weighted by molar-refractivity contribution is -0.125. The molecule has 1 heterocycles. The Bertz CT molecular complexity index is 714. The molecule has 22 heavy (non-hydrogen) atoms. The molecule has 2 aromatic carbocycles. The summed E-state index contributed by atoms with van der Waals surface area (Å²) in [5.74, 6) is 0.0491. The van der Waals surface area contributed by atoms with Gasteiger partial charge in [0, 0.05) is 11.4 Å². The van der Waals surface area contributed by atoms with Crippen LogP contribution in [0.4, 0.5) is 11.4 Å². The molecule has 114 valence electrons. The monoisotopic (exact) mass is 294 g/mol. The Morgan fingerprint density at radius 3 is 2.36 bits per heavy atom. The van der Waals surface area contributed by atoms with Crippen LogP contribution < -0.4 is 10.6 Å². The highest BCUT2D eigenvalue weighted by molar-refractivity contribution is 5.99. The van der Waals surface area contributed by atoms with E-state index in [9.17, 15) is 4.79 Å². The number of carbonyl (C=O) groups is 1. The fourth-order valence-corrected chi connectivity index (χ4v) is 3.15. The summed E-state index contributed by atoms with van der Waals surface area (Å²) in [4.78, 5) is 12.5. The molecule has 0 fully saturated rings. The molecular weight excluding hydrogens is 272 g/mol. The van der Waals surface area contributed by atoms with Crippen molar-refractivity contribution in [3.63, 3.8) is 0 Å². The van der Waals surface area contributed by atoms with Gasteiger partial charge in [-0.25, -0.2) is 0 Å². The van der Waals surface area contributed by atoms with Crippen LogP contribution in [0.1, 0.15) is 36.6 Å². The summed E-state index contributed by atoms with van der Waals surface area (Å²) >= 11 is 0. The number of rotatable bonds is 2. The van der Waals surface area contributed by atoms with Crippen LogP contribution in [0.2, 0.25) is 0 Å². The number of hydrogen-bond donors (Lipinski definition) is 2. The van der Waals surface area contributed by atoms with Gasteiger partial charge < -0.3 is 10.6 Å².